The van der Waals surface area contributed by atoms with Crippen molar-refractivity contribution in [3.8, 4) is 0 Å². The molecule has 0 bridgehead atoms. The van der Waals surface area contributed by atoms with Gasteiger partial charge in [-0.25, -0.2) is 0 Å². The summed E-state index contributed by atoms with van der Waals surface area (Å²) in [5.74, 6) is -0.254. The van der Waals surface area contributed by atoms with Crippen LogP contribution in [0, 0.1) is 0 Å². The molecule has 3 rings (SSSR count). The Labute approximate surface area is 154 Å². The Balaban J connectivity index is 1.78. The van der Waals surface area contributed by atoms with Crippen LogP contribution in [-0.2, 0) is 11.3 Å². The third-order valence-electron chi connectivity index (χ3n) is 4.55. The van der Waals surface area contributed by atoms with E-state index in [0.717, 1.165) is 31.5 Å². The predicted octanol–water partition coefficient (Wildman–Crippen LogP) is 3.71. The lowest BCUT2D eigenvalue weighted by molar-refractivity contribution is 0.0725. The summed E-state index contributed by atoms with van der Waals surface area (Å²) in [4.78, 5) is 27.3. The number of para-hydroxylation sites is 1. The highest BCUT2D eigenvalue weighted by Gasteiger charge is 2.21. The van der Waals surface area contributed by atoms with Crippen molar-refractivity contribution in [1.29, 1.82) is 0 Å². The summed E-state index contributed by atoms with van der Waals surface area (Å²) in [6, 6.07) is 14.5. The van der Waals surface area contributed by atoms with Crippen molar-refractivity contribution >= 4 is 17.5 Å². The van der Waals surface area contributed by atoms with Gasteiger partial charge in [0.2, 0.25) is 0 Å². The van der Waals surface area contributed by atoms with Crippen LogP contribution < -0.4 is 5.32 Å². The fraction of sp³-hybridized carbons (Fsp3) is 0.333. The first-order valence-electron chi connectivity index (χ1n) is 8.96. The lowest BCUT2D eigenvalue weighted by Crippen LogP contribution is -2.36. The highest BCUT2D eigenvalue weighted by Crippen LogP contribution is 2.21. The Bertz CT molecular complexity index is 782. The number of carbonyl (C=O) groups is 2. The summed E-state index contributed by atoms with van der Waals surface area (Å²) >= 11 is 0. The van der Waals surface area contributed by atoms with Gasteiger partial charge in [0.05, 0.1) is 17.9 Å². The summed E-state index contributed by atoms with van der Waals surface area (Å²) in [6.45, 7) is 2.01. The molecule has 1 aliphatic rings. The zero-order valence-electron chi connectivity index (χ0n) is 15.0. The Morgan fingerprint density at radius 1 is 1.04 bits per heavy atom. The Kier molecular flexibility index (Phi) is 6.02. The zero-order valence-corrected chi connectivity index (χ0v) is 15.0. The van der Waals surface area contributed by atoms with Gasteiger partial charge in [0.1, 0.15) is 0 Å². The summed E-state index contributed by atoms with van der Waals surface area (Å²) in [6.07, 6.45) is 3.24. The fourth-order valence-electron chi connectivity index (χ4n) is 3.21. The summed E-state index contributed by atoms with van der Waals surface area (Å²) < 4.78 is 5.12. The van der Waals surface area contributed by atoms with Gasteiger partial charge >= 0.3 is 0 Å². The van der Waals surface area contributed by atoms with Gasteiger partial charge < -0.3 is 15.0 Å². The van der Waals surface area contributed by atoms with Crippen molar-refractivity contribution in [2.24, 2.45) is 0 Å². The molecule has 5 nitrogen and oxygen atoms in total. The minimum absolute atomic E-state index is 0.0197. The van der Waals surface area contributed by atoms with Crippen LogP contribution in [0.1, 0.15) is 45.5 Å². The maximum Gasteiger partial charge on any atom is 0.255 e. The van der Waals surface area contributed by atoms with E-state index in [0.29, 0.717) is 23.4 Å². The standard InChI is InChI=1S/C21H24N2O3/c1-26-15-16-8-7-9-17(14-16)20(24)22-19-11-4-3-10-18(19)21(25)23-12-5-2-6-13-23/h3-4,7-11,14H,2,5-6,12-13,15H2,1H3,(H,22,24). The number of benzene rings is 2. The molecular weight excluding hydrogens is 328 g/mol. The lowest BCUT2D eigenvalue weighted by atomic mass is 10.1. The number of nitrogens with one attached hydrogen (secondary N) is 1. The van der Waals surface area contributed by atoms with E-state index in [4.69, 9.17) is 4.74 Å². The molecule has 1 N–H and O–H groups in total. The highest BCUT2D eigenvalue weighted by molar-refractivity contribution is 6.09. The molecule has 1 aliphatic heterocycles. The number of rotatable bonds is 5. The number of hydrogen-bond acceptors (Lipinski definition) is 3. The molecule has 2 aromatic rings. The molecule has 0 unspecified atom stereocenters. The van der Waals surface area contributed by atoms with Crippen LogP contribution in [0.15, 0.2) is 48.5 Å². The van der Waals surface area contributed by atoms with Gasteiger partial charge in [-0.05, 0) is 49.1 Å². The number of likely N-dealkylation sites (tertiary alicyclic amines) is 1. The van der Waals surface area contributed by atoms with E-state index in [1.807, 2.05) is 29.2 Å². The van der Waals surface area contributed by atoms with Gasteiger partial charge in [-0.1, -0.05) is 24.3 Å². The van der Waals surface area contributed by atoms with Crippen molar-refractivity contribution in [2.75, 3.05) is 25.5 Å². The monoisotopic (exact) mass is 352 g/mol. The Morgan fingerprint density at radius 2 is 1.81 bits per heavy atom. The molecular formula is C21H24N2O3. The van der Waals surface area contributed by atoms with Crippen LogP contribution in [0.4, 0.5) is 5.69 Å². The van der Waals surface area contributed by atoms with Crippen LogP contribution in [-0.4, -0.2) is 36.9 Å². The van der Waals surface area contributed by atoms with E-state index >= 15 is 0 Å². The largest absolute Gasteiger partial charge is 0.380 e. The molecule has 0 aliphatic carbocycles. The minimum Gasteiger partial charge on any atom is -0.380 e. The third kappa shape index (κ3) is 4.29. The molecule has 2 aromatic carbocycles. The molecule has 0 aromatic heterocycles. The van der Waals surface area contributed by atoms with Crippen LogP contribution in [0.25, 0.3) is 0 Å². The van der Waals surface area contributed by atoms with Gasteiger partial charge in [-0.15, -0.1) is 0 Å². The first-order chi connectivity index (χ1) is 12.7. The zero-order chi connectivity index (χ0) is 18.4. The number of ether oxygens (including phenoxy) is 1. The maximum atomic E-state index is 12.8. The van der Waals surface area contributed by atoms with E-state index in [-0.39, 0.29) is 11.8 Å². The van der Waals surface area contributed by atoms with E-state index in [1.165, 1.54) is 6.42 Å². The first kappa shape index (κ1) is 18.1. The number of hydrogen-bond donors (Lipinski definition) is 1. The molecule has 0 radical (unpaired) electrons. The second kappa shape index (κ2) is 8.63. The van der Waals surface area contributed by atoms with Crippen LogP contribution in [0.3, 0.4) is 0 Å². The van der Waals surface area contributed by atoms with Gasteiger partial charge in [0.15, 0.2) is 0 Å². The van der Waals surface area contributed by atoms with Crippen LogP contribution in [0.2, 0.25) is 0 Å². The fourth-order valence-corrected chi connectivity index (χ4v) is 3.21. The Morgan fingerprint density at radius 3 is 2.58 bits per heavy atom. The van der Waals surface area contributed by atoms with Crippen molar-refractivity contribution in [3.63, 3.8) is 0 Å². The lowest BCUT2D eigenvalue weighted by Gasteiger charge is -2.27. The van der Waals surface area contributed by atoms with E-state index in [1.54, 1.807) is 31.4 Å². The van der Waals surface area contributed by atoms with Gasteiger partial charge in [-0.3, -0.25) is 9.59 Å². The van der Waals surface area contributed by atoms with Crippen molar-refractivity contribution in [1.82, 2.24) is 4.90 Å². The van der Waals surface area contributed by atoms with E-state index < -0.39 is 0 Å². The second-order valence-corrected chi connectivity index (χ2v) is 6.49. The second-order valence-electron chi connectivity index (χ2n) is 6.49. The predicted molar refractivity (Wildman–Crippen MR) is 101 cm³/mol. The smallest absolute Gasteiger partial charge is 0.255 e. The third-order valence-corrected chi connectivity index (χ3v) is 4.55. The maximum absolute atomic E-state index is 12.8. The van der Waals surface area contributed by atoms with Crippen molar-refractivity contribution < 1.29 is 14.3 Å². The SMILES string of the molecule is COCc1cccc(C(=O)Nc2ccccc2C(=O)N2CCCCC2)c1. The highest BCUT2D eigenvalue weighted by atomic mass is 16.5. The van der Waals surface area contributed by atoms with E-state index in [2.05, 4.69) is 5.32 Å². The summed E-state index contributed by atoms with van der Waals surface area (Å²) in [7, 11) is 1.62. The van der Waals surface area contributed by atoms with E-state index in [9.17, 15) is 9.59 Å². The van der Waals surface area contributed by atoms with Gasteiger partial charge in [-0.2, -0.15) is 0 Å². The molecule has 136 valence electrons. The molecule has 2 amide bonds. The number of amides is 2. The number of methoxy groups -OCH3 is 1. The topological polar surface area (TPSA) is 58.6 Å². The van der Waals surface area contributed by atoms with Gasteiger partial charge in [0.25, 0.3) is 11.8 Å². The van der Waals surface area contributed by atoms with Crippen molar-refractivity contribution in [3.05, 3.63) is 65.2 Å². The molecule has 1 heterocycles. The average Bonchev–Trinajstić information content (AvgIpc) is 2.69. The number of anilines is 1. The normalized spacial score (nSPS) is 14.1. The number of nitrogens with zero attached hydrogens (tertiary/aromatic N) is 1. The first-order valence-corrected chi connectivity index (χ1v) is 8.96. The van der Waals surface area contributed by atoms with Gasteiger partial charge in [0, 0.05) is 25.8 Å². The molecule has 0 atom stereocenters. The molecule has 26 heavy (non-hydrogen) atoms. The van der Waals surface area contributed by atoms with Crippen molar-refractivity contribution in [2.45, 2.75) is 25.9 Å². The van der Waals surface area contributed by atoms with Crippen LogP contribution >= 0.6 is 0 Å². The summed E-state index contributed by atoms with van der Waals surface area (Å²) in [5, 5.41) is 2.89. The average molecular weight is 352 g/mol. The Hall–Kier alpha value is -2.66. The molecule has 0 spiro atoms. The van der Waals surface area contributed by atoms with Crippen LogP contribution in [0.5, 0.6) is 0 Å². The molecule has 5 heteroatoms. The number of carbonyl (C=O) groups excluding carboxylic acids is 2. The summed E-state index contributed by atoms with van der Waals surface area (Å²) in [5.41, 5.74) is 2.55. The molecule has 1 saturated heterocycles. The number of piperidine rings is 1. The molecule has 1 fully saturated rings. The quantitative estimate of drug-likeness (QED) is 0.892. The minimum atomic E-state index is -0.234. The molecule has 0 saturated carbocycles.